The van der Waals surface area contributed by atoms with Crippen LogP contribution in [0, 0.1) is 0 Å². The summed E-state index contributed by atoms with van der Waals surface area (Å²) in [6.45, 7) is 3.58. The highest BCUT2D eigenvalue weighted by Crippen LogP contribution is 2.07. The molecule has 0 rings (SSSR count). The highest BCUT2D eigenvalue weighted by atomic mass is 35.5. The Morgan fingerprint density at radius 3 is 2.39 bits per heavy atom. The Labute approximate surface area is 113 Å². The van der Waals surface area contributed by atoms with Gasteiger partial charge < -0.3 is 14.2 Å². The van der Waals surface area contributed by atoms with Crippen molar-refractivity contribution in [1.82, 2.24) is 0 Å². The van der Waals surface area contributed by atoms with E-state index in [9.17, 15) is 9.59 Å². The number of carbonyl (C=O) groups is 2. The molecule has 0 spiro atoms. The molecule has 0 heterocycles. The molecule has 0 amide bonds. The van der Waals surface area contributed by atoms with E-state index in [1.807, 2.05) is 0 Å². The van der Waals surface area contributed by atoms with Gasteiger partial charge in [-0.25, -0.2) is 4.79 Å². The fraction of sp³-hybridized carbons (Fsp3) is 0.833. The monoisotopic (exact) mass is 280 g/mol. The van der Waals surface area contributed by atoms with E-state index < -0.39 is 12.4 Å². The highest BCUT2D eigenvalue weighted by Gasteiger charge is 2.14. The lowest BCUT2D eigenvalue weighted by Gasteiger charge is -2.13. The Kier molecular flexibility index (Phi) is 10.5. The fourth-order valence-corrected chi connectivity index (χ4v) is 1.44. The Hall–Kier alpha value is -0.970. The Balaban J connectivity index is 3.58. The summed E-state index contributed by atoms with van der Waals surface area (Å²) >= 11 is 5.16. The van der Waals surface area contributed by atoms with Crippen LogP contribution in [-0.4, -0.2) is 24.5 Å². The largest absolute Gasteiger partial charge is 0.512 e. The second-order valence-corrected chi connectivity index (χ2v) is 4.06. The first-order valence-corrected chi connectivity index (χ1v) is 6.72. The number of hydrogen-bond acceptors (Lipinski definition) is 5. The van der Waals surface area contributed by atoms with Gasteiger partial charge in [0, 0.05) is 13.3 Å². The minimum Gasteiger partial charge on any atom is -0.425 e. The Morgan fingerprint density at radius 2 is 1.78 bits per heavy atom. The molecular formula is C12H21ClO5. The molecule has 0 aromatic carbocycles. The van der Waals surface area contributed by atoms with Gasteiger partial charge in [0.05, 0.1) is 0 Å². The van der Waals surface area contributed by atoms with Crippen molar-refractivity contribution in [2.24, 2.45) is 0 Å². The Morgan fingerprint density at radius 1 is 1.11 bits per heavy atom. The molecule has 1 atom stereocenters. The van der Waals surface area contributed by atoms with Gasteiger partial charge in [0.15, 0.2) is 6.07 Å². The normalized spacial score (nSPS) is 11.7. The SMILES string of the molecule is CCCCCCCC(=O)OC(C)OC(=O)OCCl. The maximum Gasteiger partial charge on any atom is 0.512 e. The predicted molar refractivity (Wildman–Crippen MR) is 67.2 cm³/mol. The van der Waals surface area contributed by atoms with Gasteiger partial charge in [0.1, 0.15) is 0 Å². The van der Waals surface area contributed by atoms with Crippen molar-refractivity contribution in [3.63, 3.8) is 0 Å². The lowest BCUT2D eigenvalue weighted by Crippen LogP contribution is -2.22. The lowest BCUT2D eigenvalue weighted by atomic mass is 10.1. The van der Waals surface area contributed by atoms with Gasteiger partial charge in [-0.2, -0.15) is 0 Å². The van der Waals surface area contributed by atoms with E-state index in [0.29, 0.717) is 6.42 Å². The summed E-state index contributed by atoms with van der Waals surface area (Å²) < 4.78 is 13.8. The minimum absolute atomic E-state index is 0.295. The molecule has 0 saturated carbocycles. The zero-order valence-electron chi connectivity index (χ0n) is 10.9. The summed E-state index contributed by atoms with van der Waals surface area (Å²) in [6.07, 6.45) is 3.69. The standard InChI is InChI=1S/C12H21ClO5/c1-3-4-5-6-7-8-11(14)17-10(2)18-12(15)16-9-13/h10H,3-9H2,1-2H3. The van der Waals surface area contributed by atoms with Gasteiger partial charge in [-0.1, -0.05) is 44.2 Å². The summed E-state index contributed by atoms with van der Waals surface area (Å²) in [5.41, 5.74) is 0. The van der Waals surface area contributed by atoms with Crippen molar-refractivity contribution in [3.8, 4) is 0 Å². The van der Waals surface area contributed by atoms with Crippen LogP contribution in [0.25, 0.3) is 0 Å². The Bertz CT molecular complexity index is 245. The summed E-state index contributed by atoms with van der Waals surface area (Å²) in [5.74, 6) is -0.377. The van der Waals surface area contributed by atoms with Crippen LogP contribution in [0.5, 0.6) is 0 Å². The number of hydrogen-bond donors (Lipinski definition) is 0. The van der Waals surface area contributed by atoms with E-state index in [2.05, 4.69) is 16.4 Å². The van der Waals surface area contributed by atoms with Crippen LogP contribution in [0.3, 0.4) is 0 Å². The van der Waals surface area contributed by atoms with Crippen LogP contribution in [0.1, 0.15) is 52.4 Å². The summed E-state index contributed by atoms with van der Waals surface area (Å²) in [6, 6.07) is -0.295. The van der Waals surface area contributed by atoms with Gasteiger partial charge in [-0.3, -0.25) is 4.79 Å². The molecule has 0 aliphatic rings. The molecule has 6 heteroatoms. The van der Waals surface area contributed by atoms with E-state index in [1.54, 1.807) is 0 Å². The second-order valence-electron chi connectivity index (χ2n) is 3.84. The molecular weight excluding hydrogens is 260 g/mol. The fourth-order valence-electron chi connectivity index (χ4n) is 1.36. The average Bonchev–Trinajstić information content (AvgIpc) is 2.28. The topological polar surface area (TPSA) is 61.8 Å². The van der Waals surface area contributed by atoms with E-state index in [4.69, 9.17) is 16.3 Å². The van der Waals surface area contributed by atoms with Gasteiger partial charge in [-0.15, -0.1) is 0 Å². The molecule has 0 aliphatic carbocycles. The van der Waals surface area contributed by atoms with Gasteiger partial charge >= 0.3 is 12.1 Å². The number of alkyl halides is 1. The second kappa shape index (κ2) is 11.1. The molecule has 0 saturated heterocycles. The molecule has 5 nitrogen and oxygen atoms in total. The number of carbonyl (C=O) groups excluding carboxylic acids is 2. The molecule has 0 aromatic heterocycles. The number of rotatable bonds is 9. The number of halogens is 1. The lowest BCUT2D eigenvalue weighted by molar-refractivity contribution is -0.167. The molecule has 0 N–H and O–H groups in total. The van der Waals surface area contributed by atoms with Gasteiger partial charge in [-0.05, 0) is 6.42 Å². The third-order valence-corrected chi connectivity index (χ3v) is 2.33. The zero-order valence-corrected chi connectivity index (χ0v) is 11.7. The minimum atomic E-state index is -0.955. The summed E-state index contributed by atoms with van der Waals surface area (Å²) in [4.78, 5) is 22.2. The maximum atomic E-state index is 11.3. The van der Waals surface area contributed by atoms with Gasteiger partial charge in [0.25, 0.3) is 0 Å². The van der Waals surface area contributed by atoms with E-state index in [-0.39, 0.29) is 12.0 Å². The van der Waals surface area contributed by atoms with E-state index in [1.165, 1.54) is 13.3 Å². The smallest absolute Gasteiger partial charge is 0.425 e. The molecule has 1 unspecified atom stereocenters. The van der Waals surface area contributed by atoms with Crippen molar-refractivity contribution in [2.75, 3.05) is 6.07 Å². The van der Waals surface area contributed by atoms with E-state index in [0.717, 1.165) is 25.7 Å². The molecule has 0 radical (unpaired) electrons. The first-order chi connectivity index (χ1) is 8.60. The van der Waals surface area contributed by atoms with Crippen molar-refractivity contribution in [3.05, 3.63) is 0 Å². The third-order valence-electron chi connectivity index (χ3n) is 2.22. The number of esters is 1. The first kappa shape index (κ1) is 17.0. The van der Waals surface area contributed by atoms with Crippen molar-refractivity contribution < 1.29 is 23.8 Å². The quantitative estimate of drug-likeness (QED) is 0.279. The van der Waals surface area contributed by atoms with Crippen LogP contribution in [0.15, 0.2) is 0 Å². The number of unbranched alkanes of at least 4 members (excludes halogenated alkanes) is 4. The number of ether oxygens (including phenoxy) is 3. The van der Waals surface area contributed by atoms with E-state index >= 15 is 0 Å². The first-order valence-electron chi connectivity index (χ1n) is 6.19. The average molecular weight is 281 g/mol. The van der Waals surface area contributed by atoms with Crippen LogP contribution in [-0.2, 0) is 19.0 Å². The predicted octanol–water partition coefficient (Wildman–Crippen LogP) is 3.59. The molecule has 106 valence electrons. The molecule has 0 aliphatic heterocycles. The van der Waals surface area contributed by atoms with Crippen LogP contribution in [0.2, 0.25) is 0 Å². The van der Waals surface area contributed by atoms with Gasteiger partial charge in [0.2, 0.25) is 6.29 Å². The molecule has 0 bridgehead atoms. The highest BCUT2D eigenvalue weighted by molar-refractivity contribution is 6.17. The van der Waals surface area contributed by atoms with Crippen LogP contribution >= 0.6 is 11.6 Å². The summed E-state index contributed by atoms with van der Waals surface area (Å²) in [5, 5.41) is 0. The van der Waals surface area contributed by atoms with Crippen molar-refractivity contribution >= 4 is 23.7 Å². The summed E-state index contributed by atoms with van der Waals surface area (Å²) in [7, 11) is 0. The molecule has 18 heavy (non-hydrogen) atoms. The van der Waals surface area contributed by atoms with Crippen molar-refractivity contribution in [1.29, 1.82) is 0 Å². The molecule has 0 aromatic rings. The zero-order chi connectivity index (χ0) is 13.8. The third kappa shape index (κ3) is 10.2. The maximum absolute atomic E-state index is 11.3. The van der Waals surface area contributed by atoms with Crippen molar-refractivity contribution in [2.45, 2.75) is 58.7 Å². The molecule has 0 fully saturated rings. The van der Waals surface area contributed by atoms with Crippen LogP contribution in [0.4, 0.5) is 4.79 Å². The van der Waals surface area contributed by atoms with Crippen LogP contribution < -0.4 is 0 Å².